The molecule has 2 aromatic rings. The Morgan fingerprint density at radius 2 is 2.25 bits per heavy atom. The van der Waals surface area contributed by atoms with E-state index in [1.165, 1.54) is 0 Å². The van der Waals surface area contributed by atoms with Crippen LogP contribution in [0.1, 0.15) is 43.1 Å². The summed E-state index contributed by atoms with van der Waals surface area (Å²) in [6.07, 6.45) is 4.31. The summed E-state index contributed by atoms with van der Waals surface area (Å²) < 4.78 is 7.97. The van der Waals surface area contributed by atoms with Crippen molar-refractivity contribution in [3.63, 3.8) is 0 Å². The summed E-state index contributed by atoms with van der Waals surface area (Å²) in [5.41, 5.74) is 1.44. The Morgan fingerprint density at radius 1 is 1.42 bits per heavy atom. The first-order valence-electron chi connectivity index (χ1n) is 8.97. The van der Waals surface area contributed by atoms with Gasteiger partial charge in [-0.1, -0.05) is 31.5 Å². The first-order chi connectivity index (χ1) is 11.6. The summed E-state index contributed by atoms with van der Waals surface area (Å²) >= 11 is 0. The van der Waals surface area contributed by atoms with E-state index in [0.29, 0.717) is 18.2 Å². The number of carbonyl (C=O) groups is 1. The first kappa shape index (κ1) is 15.6. The molecule has 2 unspecified atom stereocenters. The van der Waals surface area contributed by atoms with Crippen LogP contribution in [0.25, 0.3) is 10.9 Å². The molecule has 2 atom stereocenters. The lowest BCUT2D eigenvalue weighted by molar-refractivity contribution is -0.0450. The van der Waals surface area contributed by atoms with Crippen LogP contribution in [0.3, 0.4) is 0 Å². The number of aromatic nitrogens is 2. The minimum absolute atomic E-state index is 0.0365. The van der Waals surface area contributed by atoms with Crippen molar-refractivity contribution in [2.24, 2.45) is 13.0 Å². The Kier molecular flexibility index (Phi) is 3.83. The molecule has 1 aromatic carbocycles. The average Bonchev–Trinajstić information content (AvgIpc) is 3.16. The molecule has 128 valence electrons. The zero-order chi connectivity index (χ0) is 16.7. The van der Waals surface area contributed by atoms with Crippen molar-refractivity contribution in [2.45, 2.75) is 38.2 Å². The highest BCUT2D eigenvalue weighted by Crippen LogP contribution is 2.39. The van der Waals surface area contributed by atoms with Crippen LogP contribution in [0.4, 0.5) is 0 Å². The van der Waals surface area contributed by atoms with Gasteiger partial charge in [-0.3, -0.25) is 9.48 Å². The minimum Gasteiger partial charge on any atom is -0.373 e. The Morgan fingerprint density at radius 3 is 3.04 bits per heavy atom. The van der Waals surface area contributed by atoms with Crippen LogP contribution in [0.15, 0.2) is 24.3 Å². The van der Waals surface area contributed by atoms with Crippen molar-refractivity contribution in [1.82, 2.24) is 14.7 Å². The fraction of sp³-hybridized carbons (Fsp3) is 0.579. The van der Waals surface area contributed by atoms with E-state index >= 15 is 0 Å². The zero-order valence-corrected chi connectivity index (χ0v) is 14.5. The predicted molar refractivity (Wildman–Crippen MR) is 92.9 cm³/mol. The molecule has 1 spiro atoms. The number of carbonyl (C=O) groups excluding carboxylic acids is 1. The molecule has 0 bridgehead atoms. The molecule has 2 fully saturated rings. The molecule has 2 aliphatic heterocycles. The van der Waals surface area contributed by atoms with Crippen molar-refractivity contribution in [3.05, 3.63) is 30.0 Å². The number of piperidine rings is 1. The maximum absolute atomic E-state index is 13.1. The van der Waals surface area contributed by atoms with Gasteiger partial charge in [0.25, 0.3) is 5.91 Å². The maximum atomic E-state index is 13.1. The normalized spacial score (nSPS) is 27.2. The second-order valence-electron chi connectivity index (χ2n) is 7.29. The monoisotopic (exact) mass is 327 g/mol. The number of aryl methyl sites for hydroxylation is 1. The quantitative estimate of drug-likeness (QED) is 0.852. The van der Waals surface area contributed by atoms with Gasteiger partial charge < -0.3 is 9.64 Å². The molecule has 1 aromatic heterocycles. The van der Waals surface area contributed by atoms with Gasteiger partial charge in [0, 0.05) is 19.0 Å². The van der Waals surface area contributed by atoms with Gasteiger partial charge in [0.2, 0.25) is 0 Å². The van der Waals surface area contributed by atoms with Crippen molar-refractivity contribution >= 4 is 16.8 Å². The van der Waals surface area contributed by atoms with Gasteiger partial charge in [-0.2, -0.15) is 5.10 Å². The topological polar surface area (TPSA) is 47.4 Å². The van der Waals surface area contributed by atoms with Crippen LogP contribution >= 0.6 is 0 Å². The number of hydrogen-bond donors (Lipinski definition) is 0. The van der Waals surface area contributed by atoms with Gasteiger partial charge >= 0.3 is 0 Å². The minimum atomic E-state index is -0.126. The molecule has 5 nitrogen and oxygen atoms in total. The molecule has 4 rings (SSSR count). The van der Waals surface area contributed by atoms with E-state index in [-0.39, 0.29) is 11.5 Å². The molecule has 0 aliphatic carbocycles. The van der Waals surface area contributed by atoms with E-state index < -0.39 is 0 Å². The van der Waals surface area contributed by atoms with Crippen LogP contribution in [-0.4, -0.2) is 45.9 Å². The lowest BCUT2D eigenvalue weighted by Gasteiger charge is -2.39. The number of rotatable bonds is 2. The standard InChI is InChI=1S/C19H25N3O2/c1-3-14-11-19(24-12-14)9-6-10-22(13-19)18(23)17-15-7-4-5-8-16(15)21(2)20-17/h4-5,7-8,14H,3,6,9-13H2,1-2H3. The smallest absolute Gasteiger partial charge is 0.275 e. The predicted octanol–water partition coefficient (Wildman–Crippen LogP) is 2.99. The molecule has 2 aliphatic rings. The summed E-state index contributed by atoms with van der Waals surface area (Å²) in [5, 5.41) is 5.43. The van der Waals surface area contributed by atoms with E-state index in [1.54, 1.807) is 4.68 Å². The second kappa shape index (κ2) is 5.88. The van der Waals surface area contributed by atoms with Gasteiger partial charge in [-0.15, -0.1) is 0 Å². The molecule has 0 saturated carbocycles. The fourth-order valence-corrected chi connectivity index (χ4v) is 4.28. The molecule has 24 heavy (non-hydrogen) atoms. The SMILES string of the molecule is CCC1COC2(CCCN(C(=O)c3nn(C)c4ccccc34)C2)C1. The summed E-state index contributed by atoms with van der Waals surface area (Å²) in [6.45, 7) is 4.56. The van der Waals surface area contributed by atoms with Crippen molar-refractivity contribution in [3.8, 4) is 0 Å². The maximum Gasteiger partial charge on any atom is 0.275 e. The van der Waals surface area contributed by atoms with E-state index in [2.05, 4.69) is 12.0 Å². The van der Waals surface area contributed by atoms with Crippen LogP contribution in [0.5, 0.6) is 0 Å². The molecule has 5 heteroatoms. The molecule has 1 amide bonds. The van der Waals surface area contributed by atoms with E-state index in [4.69, 9.17) is 4.74 Å². The van der Waals surface area contributed by atoms with Crippen molar-refractivity contribution < 1.29 is 9.53 Å². The summed E-state index contributed by atoms with van der Waals surface area (Å²) in [4.78, 5) is 15.1. The molecular formula is C19H25N3O2. The molecule has 0 N–H and O–H groups in total. The van der Waals surface area contributed by atoms with Crippen molar-refractivity contribution in [1.29, 1.82) is 0 Å². The van der Waals surface area contributed by atoms with E-state index in [9.17, 15) is 4.79 Å². The molecule has 0 radical (unpaired) electrons. The summed E-state index contributed by atoms with van der Waals surface area (Å²) in [6, 6.07) is 7.92. The van der Waals surface area contributed by atoms with Crippen LogP contribution < -0.4 is 0 Å². The number of amides is 1. The number of benzene rings is 1. The Hall–Kier alpha value is -1.88. The van der Waals surface area contributed by atoms with Gasteiger partial charge in [0.1, 0.15) is 0 Å². The second-order valence-corrected chi connectivity index (χ2v) is 7.29. The number of hydrogen-bond acceptors (Lipinski definition) is 3. The highest BCUT2D eigenvalue weighted by atomic mass is 16.5. The van der Waals surface area contributed by atoms with E-state index in [0.717, 1.165) is 49.7 Å². The fourth-order valence-electron chi connectivity index (χ4n) is 4.28. The number of likely N-dealkylation sites (tertiary alicyclic amines) is 1. The third-order valence-electron chi connectivity index (χ3n) is 5.65. The Balaban J connectivity index is 1.60. The van der Waals surface area contributed by atoms with Gasteiger partial charge in [-0.05, 0) is 31.2 Å². The number of para-hydroxylation sites is 1. The lowest BCUT2D eigenvalue weighted by atomic mass is 9.86. The van der Waals surface area contributed by atoms with Crippen molar-refractivity contribution in [2.75, 3.05) is 19.7 Å². The van der Waals surface area contributed by atoms with Gasteiger partial charge in [0.05, 0.1) is 24.3 Å². The number of nitrogens with zero attached hydrogens (tertiary/aromatic N) is 3. The third kappa shape index (κ3) is 2.51. The highest BCUT2D eigenvalue weighted by molar-refractivity contribution is 6.04. The molecular weight excluding hydrogens is 302 g/mol. The van der Waals surface area contributed by atoms with Crippen LogP contribution in [0, 0.1) is 5.92 Å². The largest absolute Gasteiger partial charge is 0.373 e. The average molecular weight is 327 g/mol. The zero-order valence-electron chi connectivity index (χ0n) is 14.5. The highest BCUT2D eigenvalue weighted by Gasteiger charge is 2.44. The van der Waals surface area contributed by atoms with Crippen LogP contribution in [-0.2, 0) is 11.8 Å². The number of ether oxygens (including phenoxy) is 1. The third-order valence-corrected chi connectivity index (χ3v) is 5.65. The van der Waals surface area contributed by atoms with E-state index in [1.807, 2.05) is 36.2 Å². The molecule has 3 heterocycles. The summed E-state index contributed by atoms with van der Waals surface area (Å²) in [7, 11) is 1.89. The van der Waals surface area contributed by atoms with Gasteiger partial charge in [0.15, 0.2) is 5.69 Å². The summed E-state index contributed by atoms with van der Waals surface area (Å²) in [5.74, 6) is 0.671. The lowest BCUT2D eigenvalue weighted by Crippen LogP contribution is -2.50. The van der Waals surface area contributed by atoms with Crippen LogP contribution in [0.2, 0.25) is 0 Å². The number of fused-ring (bicyclic) bond motifs is 1. The van der Waals surface area contributed by atoms with Gasteiger partial charge in [-0.25, -0.2) is 0 Å². The Labute approximate surface area is 142 Å². The first-order valence-corrected chi connectivity index (χ1v) is 8.97. The Bertz CT molecular complexity index is 769. The molecule has 2 saturated heterocycles.